The summed E-state index contributed by atoms with van der Waals surface area (Å²) in [6, 6.07) is 17.6. The summed E-state index contributed by atoms with van der Waals surface area (Å²) >= 11 is 0. The fourth-order valence-corrected chi connectivity index (χ4v) is 6.23. The van der Waals surface area contributed by atoms with Crippen LogP contribution in [-0.2, 0) is 10.8 Å². The molecule has 0 N–H and O–H groups in total. The molecule has 174 valence electrons. The van der Waals surface area contributed by atoms with Crippen molar-refractivity contribution in [2.75, 3.05) is 19.0 Å². The summed E-state index contributed by atoms with van der Waals surface area (Å²) in [4.78, 5) is 2.35. The van der Waals surface area contributed by atoms with Gasteiger partial charge in [0.25, 0.3) is 0 Å². The first-order chi connectivity index (χ1) is 16.1. The molecule has 0 aromatic heterocycles. The minimum atomic E-state index is 0.0195. The maximum absolute atomic E-state index is 2.37. The van der Waals surface area contributed by atoms with Crippen molar-refractivity contribution >= 4 is 17.1 Å². The number of anilines is 1. The number of fused-ring (bicyclic) bond motifs is 2. The second-order valence-electron chi connectivity index (χ2n) is 11.0. The molecule has 2 heteroatoms. The molecule has 34 heavy (non-hydrogen) atoms. The second kappa shape index (κ2) is 7.98. The van der Waals surface area contributed by atoms with Gasteiger partial charge in [0.2, 0.25) is 5.69 Å². The predicted molar refractivity (Wildman–Crippen MR) is 145 cm³/mol. The first-order valence-electron chi connectivity index (χ1n) is 12.5. The monoisotopic (exact) mass is 449 g/mol. The number of allylic oxidation sites excluding steroid dienone is 8. The van der Waals surface area contributed by atoms with Crippen LogP contribution in [0.5, 0.6) is 0 Å². The van der Waals surface area contributed by atoms with Crippen LogP contribution in [0.2, 0.25) is 0 Å². The van der Waals surface area contributed by atoms with Crippen molar-refractivity contribution in [3.63, 3.8) is 0 Å². The van der Waals surface area contributed by atoms with Crippen LogP contribution in [0.4, 0.5) is 11.4 Å². The van der Waals surface area contributed by atoms with E-state index in [4.69, 9.17) is 0 Å². The summed E-state index contributed by atoms with van der Waals surface area (Å²) in [6.07, 6.45) is 11.7. The normalized spacial score (nSPS) is 23.1. The van der Waals surface area contributed by atoms with E-state index in [-0.39, 0.29) is 10.8 Å². The van der Waals surface area contributed by atoms with Crippen LogP contribution in [0.1, 0.15) is 58.6 Å². The van der Waals surface area contributed by atoms with Gasteiger partial charge < -0.3 is 4.90 Å². The third-order valence-corrected chi connectivity index (χ3v) is 8.39. The minimum Gasteiger partial charge on any atom is -0.347 e. The van der Waals surface area contributed by atoms with Crippen LogP contribution < -0.4 is 4.90 Å². The number of benzene rings is 2. The van der Waals surface area contributed by atoms with E-state index in [0.29, 0.717) is 0 Å². The zero-order valence-electron chi connectivity index (χ0n) is 21.7. The largest absolute Gasteiger partial charge is 0.347 e. The summed E-state index contributed by atoms with van der Waals surface area (Å²) in [7, 11) is 4.39. The van der Waals surface area contributed by atoms with Crippen molar-refractivity contribution in [1.82, 2.24) is 0 Å². The van der Waals surface area contributed by atoms with Crippen LogP contribution >= 0.6 is 0 Å². The first-order valence-corrected chi connectivity index (χ1v) is 12.5. The Morgan fingerprint density at radius 1 is 0.824 bits per heavy atom. The van der Waals surface area contributed by atoms with Crippen molar-refractivity contribution < 1.29 is 4.58 Å². The SMILES string of the molecule is CC1=C(/C=C/C2=[N+](C)c3ccccc3C2(C)C)CC/C1=C\C=C1\N(C)c2ccccc2C1(C)C. The van der Waals surface area contributed by atoms with Gasteiger partial charge in [-0.2, -0.15) is 4.58 Å². The molecule has 0 bridgehead atoms. The fraction of sp³-hybridized carbons (Fsp3) is 0.344. The lowest BCUT2D eigenvalue weighted by molar-refractivity contribution is -0.401. The average molecular weight is 450 g/mol. The number of rotatable bonds is 3. The number of likely N-dealkylation sites (N-methyl/N-ethyl adjacent to an activating group) is 1. The van der Waals surface area contributed by atoms with Crippen LogP contribution in [0.15, 0.2) is 95.3 Å². The van der Waals surface area contributed by atoms with Gasteiger partial charge in [0.1, 0.15) is 7.05 Å². The van der Waals surface area contributed by atoms with Gasteiger partial charge in [-0.05, 0) is 68.0 Å². The average Bonchev–Trinajstić information content (AvgIpc) is 3.33. The molecule has 0 radical (unpaired) electrons. The fourth-order valence-electron chi connectivity index (χ4n) is 6.23. The molecule has 0 saturated heterocycles. The lowest BCUT2D eigenvalue weighted by Crippen LogP contribution is -2.26. The summed E-state index contributed by atoms with van der Waals surface area (Å²) in [5.74, 6) is 0. The van der Waals surface area contributed by atoms with Crippen molar-refractivity contribution in [2.45, 2.75) is 58.3 Å². The maximum atomic E-state index is 2.37. The van der Waals surface area contributed by atoms with E-state index in [1.165, 1.54) is 50.6 Å². The van der Waals surface area contributed by atoms with Crippen molar-refractivity contribution in [2.24, 2.45) is 0 Å². The summed E-state index contributed by atoms with van der Waals surface area (Å²) in [5, 5.41) is 0. The van der Waals surface area contributed by atoms with Gasteiger partial charge in [0, 0.05) is 41.6 Å². The quantitative estimate of drug-likeness (QED) is 0.437. The Morgan fingerprint density at radius 2 is 1.50 bits per heavy atom. The van der Waals surface area contributed by atoms with Crippen LogP contribution in [-0.4, -0.2) is 24.4 Å². The van der Waals surface area contributed by atoms with Crippen molar-refractivity contribution in [3.05, 3.63) is 106 Å². The lowest BCUT2D eigenvalue weighted by Gasteiger charge is -2.23. The van der Waals surface area contributed by atoms with Gasteiger partial charge in [-0.1, -0.05) is 62.4 Å². The predicted octanol–water partition coefficient (Wildman–Crippen LogP) is 7.60. The van der Waals surface area contributed by atoms with Crippen molar-refractivity contribution in [3.8, 4) is 0 Å². The summed E-state index contributed by atoms with van der Waals surface area (Å²) < 4.78 is 2.35. The first kappa shape index (κ1) is 22.7. The molecule has 0 atom stereocenters. The molecular weight excluding hydrogens is 412 g/mol. The molecule has 0 spiro atoms. The van der Waals surface area contributed by atoms with Gasteiger partial charge in [-0.15, -0.1) is 0 Å². The number of para-hydroxylation sites is 2. The molecule has 0 saturated carbocycles. The zero-order valence-corrected chi connectivity index (χ0v) is 21.7. The molecule has 2 aromatic carbocycles. The Labute approximate surface area is 205 Å². The third kappa shape index (κ3) is 3.35. The molecular formula is C32H37N2+. The Morgan fingerprint density at radius 3 is 2.21 bits per heavy atom. The Balaban J connectivity index is 1.43. The topological polar surface area (TPSA) is 6.25 Å². The highest BCUT2D eigenvalue weighted by atomic mass is 15.2. The van der Waals surface area contributed by atoms with Crippen LogP contribution in [0.3, 0.4) is 0 Å². The van der Waals surface area contributed by atoms with Crippen molar-refractivity contribution in [1.29, 1.82) is 0 Å². The number of hydrogen-bond donors (Lipinski definition) is 0. The highest BCUT2D eigenvalue weighted by Gasteiger charge is 2.42. The third-order valence-electron chi connectivity index (χ3n) is 8.39. The molecule has 2 nitrogen and oxygen atoms in total. The van der Waals surface area contributed by atoms with E-state index in [1.54, 1.807) is 0 Å². The molecule has 2 heterocycles. The Hall–Kier alpha value is -3.13. The molecule has 0 fully saturated rings. The minimum absolute atomic E-state index is 0.0195. The van der Waals surface area contributed by atoms with E-state index < -0.39 is 0 Å². The molecule has 1 aliphatic carbocycles. The number of nitrogens with zero attached hydrogens (tertiary/aromatic N) is 2. The van der Waals surface area contributed by atoms with Gasteiger partial charge in [0.15, 0.2) is 5.71 Å². The molecule has 0 unspecified atom stereocenters. The van der Waals surface area contributed by atoms with E-state index in [1.807, 2.05) is 0 Å². The van der Waals surface area contributed by atoms with Gasteiger partial charge in [-0.25, -0.2) is 0 Å². The van der Waals surface area contributed by atoms with Gasteiger partial charge in [0.05, 0.1) is 5.41 Å². The van der Waals surface area contributed by atoms with E-state index in [9.17, 15) is 0 Å². The van der Waals surface area contributed by atoms with Crippen LogP contribution in [0, 0.1) is 0 Å². The molecule has 5 rings (SSSR count). The van der Waals surface area contributed by atoms with Gasteiger partial charge in [-0.3, -0.25) is 0 Å². The lowest BCUT2D eigenvalue weighted by atomic mass is 9.81. The molecule has 2 aliphatic heterocycles. The standard InChI is InChI=1S/C32H37N2/c1-22-23(18-20-29-31(2,3)25-12-8-10-14-27(25)33(29)6)16-17-24(22)19-21-30-32(4,5)26-13-9-11-15-28(26)34(30)7/h8-15,18-21H,16-17H2,1-7H3/q+1. The highest BCUT2D eigenvalue weighted by Crippen LogP contribution is 2.47. The van der Waals surface area contributed by atoms with E-state index >= 15 is 0 Å². The maximum Gasteiger partial charge on any atom is 0.209 e. The molecule has 3 aliphatic rings. The van der Waals surface area contributed by atoms with E-state index in [0.717, 1.165) is 12.8 Å². The Bertz CT molecular complexity index is 1320. The van der Waals surface area contributed by atoms with Gasteiger partial charge >= 0.3 is 0 Å². The second-order valence-corrected chi connectivity index (χ2v) is 11.0. The summed E-state index contributed by atoms with van der Waals surface area (Å²) in [5.41, 5.74) is 12.6. The number of hydrogen-bond acceptors (Lipinski definition) is 1. The van der Waals surface area contributed by atoms with E-state index in [2.05, 4.69) is 131 Å². The molecule has 2 aromatic rings. The molecule has 0 amide bonds. The zero-order chi connectivity index (χ0) is 24.3. The van der Waals surface area contributed by atoms with Crippen LogP contribution in [0.25, 0.3) is 0 Å². The Kier molecular flexibility index (Phi) is 5.31. The summed E-state index contributed by atoms with van der Waals surface area (Å²) in [6.45, 7) is 11.6. The smallest absolute Gasteiger partial charge is 0.209 e. The highest BCUT2D eigenvalue weighted by molar-refractivity contribution is 6.03.